The van der Waals surface area contributed by atoms with Gasteiger partial charge < -0.3 is 71.0 Å². The normalized spacial score (nSPS) is 13.5. The number of H-pyrrole nitrogens is 1. The van der Waals surface area contributed by atoms with E-state index in [0.29, 0.717) is 88.2 Å². The van der Waals surface area contributed by atoms with E-state index in [0.717, 1.165) is 21.5 Å². The van der Waals surface area contributed by atoms with Gasteiger partial charge in [-0.15, -0.1) is 0 Å². The Bertz CT molecular complexity index is 3850. The van der Waals surface area contributed by atoms with Gasteiger partial charge in [0.1, 0.15) is 42.6 Å². The number of anilines is 2. The molecular weight excluding hydrogens is 1330 g/mol. The van der Waals surface area contributed by atoms with E-state index in [-0.39, 0.29) is 115 Å². The number of primary amides is 1. The molecule has 31 heteroatoms. The zero-order chi connectivity index (χ0) is 68.6. The fourth-order valence-corrected chi connectivity index (χ4v) is 11.3. The Balaban J connectivity index is 0.751. The number of nitrogens with zero attached hydrogens (tertiary/aromatic N) is 4. The predicted molar refractivity (Wildman–Crippen MR) is 356 cm³/mol. The number of hydrogen-bond acceptors (Lipinski definition) is 20. The maximum absolute atomic E-state index is 13.7. The highest BCUT2D eigenvalue weighted by Crippen LogP contribution is 2.33. The van der Waals surface area contributed by atoms with Crippen LogP contribution in [-0.4, -0.2) is 177 Å². The molecule has 1 aliphatic heterocycles. The van der Waals surface area contributed by atoms with Crippen molar-refractivity contribution in [3.8, 4) is 28.4 Å². The van der Waals surface area contributed by atoms with E-state index < -0.39 is 63.1 Å². The molecule has 96 heavy (non-hydrogen) atoms. The lowest BCUT2D eigenvalue weighted by Gasteiger charge is -2.25. The van der Waals surface area contributed by atoms with E-state index in [4.69, 9.17) is 44.1 Å². The Labute approximate surface area is 562 Å². The van der Waals surface area contributed by atoms with E-state index in [1.807, 2.05) is 49.4 Å². The van der Waals surface area contributed by atoms with Crippen molar-refractivity contribution in [2.45, 2.75) is 83.4 Å². The number of pyridine rings is 2. The maximum atomic E-state index is 13.7. The van der Waals surface area contributed by atoms with Gasteiger partial charge in [-0.25, -0.2) is 27.7 Å². The average Bonchev–Trinajstić information content (AvgIpc) is 1.53. The number of fused-ring (bicyclic) bond motifs is 1. The van der Waals surface area contributed by atoms with E-state index in [9.17, 15) is 46.8 Å². The number of aromatic amines is 1. The highest BCUT2D eigenvalue weighted by Gasteiger charge is 2.37. The number of halogens is 1. The molecule has 29 nitrogen and oxygen atoms in total. The smallest absolute Gasteiger partial charge is 0.407 e. The van der Waals surface area contributed by atoms with Crippen LogP contribution in [0.15, 0.2) is 108 Å². The van der Waals surface area contributed by atoms with Crippen molar-refractivity contribution in [1.82, 2.24) is 50.8 Å². The van der Waals surface area contributed by atoms with Gasteiger partial charge in [-0.1, -0.05) is 38.1 Å². The summed E-state index contributed by atoms with van der Waals surface area (Å²) in [7, 11) is -3.75. The minimum absolute atomic E-state index is 0.0482. The number of aryl methyl sites for hydroxylation is 1. The largest absolute Gasteiger partial charge is 0.490 e. The number of aromatic nitrogens is 4. The zero-order valence-corrected chi connectivity index (χ0v) is 55.6. The summed E-state index contributed by atoms with van der Waals surface area (Å²) in [6, 6.07) is 21.9. The fourth-order valence-electron chi connectivity index (χ4n) is 9.56. The van der Waals surface area contributed by atoms with Crippen molar-refractivity contribution in [2.75, 3.05) is 89.7 Å². The Morgan fingerprint density at radius 3 is 2.16 bits per heavy atom. The number of urea groups is 1. The van der Waals surface area contributed by atoms with E-state index in [1.54, 1.807) is 62.5 Å². The van der Waals surface area contributed by atoms with E-state index >= 15 is 0 Å². The molecule has 1 fully saturated rings. The Hall–Kier alpha value is -9.40. The summed E-state index contributed by atoms with van der Waals surface area (Å²) in [5.74, 6) is -2.41. The van der Waals surface area contributed by atoms with Crippen LogP contribution in [0, 0.1) is 12.8 Å². The minimum atomic E-state index is -3.75. The van der Waals surface area contributed by atoms with Crippen molar-refractivity contribution in [2.24, 2.45) is 11.7 Å². The van der Waals surface area contributed by atoms with Crippen LogP contribution >= 0.6 is 15.9 Å². The quantitative estimate of drug-likeness (QED) is 0.0175. The summed E-state index contributed by atoms with van der Waals surface area (Å²) in [5, 5.41) is 16.9. The third-order valence-corrected chi connectivity index (χ3v) is 17.3. The number of hydrogen-bond donors (Lipinski definition) is 9. The predicted octanol–water partition coefficient (Wildman–Crippen LogP) is 5.29. The van der Waals surface area contributed by atoms with Gasteiger partial charge in [-0.2, -0.15) is 0 Å². The van der Waals surface area contributed by atoms with Gasteiger partial charge >= 0.3 is 12.1 Å². The number of carbonyl (C=O) groups excluding carboxylic acids is 8. The number of carbonyl (C=O) groups is 8. The molecule has 0 spiro atoms. The van der Waals surface area contributed by atoms with Crippen molar-refractivity contribution in [1.29, 1.82) is 0 Å². The highest BCUT2D eigenvalue weighted by atomic mass is 79.9. The fraction of sp³-hybridized carbons (Fsp3) is 0.400. The first-order chi connectivity index (χ1) is 46.2. The molecule has 2 unspecified atom stereocenters. The number of alkyl carbamates (subject to hydrolysis) is 1. The number of sulfonamides is 1. The third-order valence-electron chi connectivity index (χ3n) is 14.7. The van der Waals surface area contributed by atoms with E-state index in [2.05, 4.69) is 62.5 Å². The number of amides is 9. The molecule has 8 rings (SSSR count). The molecular formula is C65H78BrN13O16S. The van der Waals surface area contributed by atoms with Gasteiger partial charge in [0, 0.05) is 57.6 Å². The second kappa shape index (κ2) is 35.9. The first-order valence-corrected chi connectivity index (χ1v) is 33.5. The van der Waals surface area contributed by atoms with Gasteiger partial charge in [0.15, 0.2) is 0 Å². The Morgan fingerprint density at radius 1 is 0.771 bits per heavy atom. The van der Waals surface area contributed by atoms with Gasteiger partial charge in [-0.3, -0.25) is 43.6 Å². The number of imidazole rings is 1. The molecule has 2 atom stereocenters. The van der Waals surface area contributed by atoms with Gasteiger partial charge in [-0.05, 0) is 121 Å². The van der Waals surface area contributed by atoms with Crippen LogP contribution in [0.25, 0.3) is 33.5 Å². The Kier molecular flexibility index (Phi) is 27.1. The molecule has 6 aromatic rings. The summed E-state index contributed by atoms with van der Waals surface area (Å²) < 4.78 is 60.9. The number of nitrogens with two attached hydrogens (primary N) is 1. The van der Waals surface area contributed by atoms with Gasteiger partial charge in [0.2, 0.25) is 27.7 Å². The first-order valence-electron chi connectivity index (χ1n) is 31.1. The molecule has 0 bridgehead atoms. The standard InChI is InChI=1S/C65H78BrN13O16S/c1-40(2)58(77-55(80)21-25-90-28-30-92-32-33-93-31-29-91-27-24-79-56(81)19-20-57(79)82)63(85)74-53(8-5-22-68-64(67)86)62(84)73-45-12-9-42(10-13-45)39-95-65(87)69-23-26-94-47-35-44-34-43(11-18-51(44)71-37-47)59-60(52-7-4-6-41(3)72-52)76-54(75-59)38-70-46-14-17-50(66)49(36-46)61(83)78-96(88,89)48-15-16-48/h4,6-7,9-14,17-20,34-37,40,48,53,58,70H,5,8,15-16,21-33,38-39H2,1-3H3,(H,69,87)(H,73,84)(H,74,85)(H,75,76)(H,77,80)(H,78,83)(H3,67,68,86). The number of ether oxygens (including phenoxy) is 6. The summed E-state index contributed by atoms with van der Waals surface area (Å²) in [5.41, 5.74) is 11.1. The number of benzene rings is 3. The zero-order valence-electron chi connectivity index (χ0n) is 53.2. The molecule has 9 amide bonds. The summed E-state index contributed by atoms with van der Waals surface area (Å²) in [6.07, 6.45) is 4.70. The lowest BCUT2D eigenvalue weighted by Crippen LogP contribution is -2.54. The van der Waals surface area contributed by atoms with Crippen LogP contribution in [-0.2, 0) is 70.8 Å². The van der Waals surface area contributed by atoms with Crippen LogP contribution in [0.3, 0.4) is 0 Å². The number of imide groups is 1. The monoisotopic (exact) mass is 1410 g/mol. The number of nitrogens with one attached hydrogen (secondary N) is 8. The third kappa shape index (κ3) is 22.6. The van der Waals surface area contributed by atoms with Crippen LogP contribution in [0.4, 0.5) is 21.0 Å². The molecule has 3 aromatic carbocycles. The maximum Gasteiger partial charge on any atom is 0.407 e. The second-order valence-corrected chi connectivity index (χ2v) is 25.4. The summed E-state index contributed by atoms with van der Waals surface area (Å²) >= 11 is 3.37. The van der Waals surface area contributed by atoms with E-state index in [1.165, 1.54) is 12.2 Å². The molecule has 2 aliphatic rings. The van der Waals surface area contributed by atoms with Crippen molar-refractivity contribution in [3.05, 3.63) is 130 Å². The van der Waals surface area contributed by atoms with Crippen LogP contribution in [0.2, 0.25) is 0 Å². The SMILES string of the molecule is Cc1cccc(-c2nc(CNc3ccc(Br)c(C(=O)NS(=O)(=O)C4CC4)c3)[nH]c2-c2ccc3ncc(OCCNC(=O)OCc4ccc(NC(=O)C(CCCNC(N)=O)NC(=O)C(NC(=O)CCOCCOCCOCCOCCN5C(=O)C=CC5=O)C(C)C)cc4)cc3c2)n1. The average molecular weight is 1410 g/mol. The van der Waals surface area contributed by atoms with Gasteiger partial charge in [0.25, 0.3) is 17.7 Å². The molecule has 0 saturated heterocycles. The molecule has 512 valence electrons. The molecule has 3 aromatic heterocycles. The topological polar surface area (TPSA) is 394 Å². The highest BCUT2D eigenvalue weighted by molar-refractivity contribution is 9.10. The minimum Gasteiger partial charge on any atom is -0.490 e. The molecule has 1 saturated carbocycles. The van der Waals surface area contributed by atoms with Crippen LogP contribution < -0.4 is 47.1 Å². The first kappa shape index (κ1) is 72.4. The lowest BCUT2D eigenvalue weighted by atomic mass is 10.0. The van der Waals surface area contributed by atoms with Crippen molar-refractivity contribution in [3.63, 3.8) is 0 Å². The molecule has 10 N–H and O–H groups in total. The van der Waals surface area contributed by atoms with Gasteiger partial charge in [0.05, 0.1) is 106 Å². The number of rotatable bonds is 39. The van der Waals surface area contributed by atoms with Crippen LogP contribution in [0.1, 0.15) is 73.4 Å². The summed E-state index contributed by atoms with van der Waals surface area (Å²) in [4.78, 5) is 119. The summed E-state index contributed by atoms with van der Waals surface area (Å²) in [6.45, 7) is 7.87. The van der Waals surface area contributed by atoms with Crippen molar-refractivity contribution < 1.29 is 75.2 Å². The second-order valence-electron chi connectivity index (χ2n) is 22.6. The van der Waals surface area contributed by atoms with Crippen molar-refractivity contribution >= 4 is 95.8 Å². The Morgan fingerprint density at radius 2 is 1.47 bits per heavy atom. The lowest BCUT2D eigenvalue weighted by molar-refractivity contribution is -0.137. The van der Waals surface area contributed by atoms with Crippen LogP contribution in [0.5, 0.6) is 5.75 Å². The molecule has 4 heterocycles. The molecule has 1 aliphatic carbocycles. The molecule has 0 radical (unpaired) electrons.